The number of anilines is 1. The van der Waals surface area contributed by atoms with Gasteiger partial charge in [-0.05, 0) is 48.8 Å². The molecule has 0 unspecified atom stereocenters. The Morgan fingerprint density at radius 2 is 1.67 bits per heavy atom. The van der Waals surface area contributed by atoms with Gasteiger partial charge in [0.2, 0.25) is 0 Å². The Morgan fingerprint density at radius 3 is 2.26 bits per heavy atom. The van der Waals surface area contributed by atoms with Crippen LogP contribution in [0.25, 0.3) is 0 Å². The van der Waals surface area contributed by atoms with Crippen molar-refractivity contribution >= 4 is 28.9 Å². The van der Waals surface area contributed by atoms with Gasteiger partial charge in [-0.3, -0.25) is 9.59 Å². The van der Waals surface area contributed by atoms with E-state index in [1.807, 2.05) is 25.3 Å². The summed E-state index contributed by atoms with van der Waals surface area (Å²) in [5.74, 6) is -0.368. The molecule has 1 heterocycles. The number of rotatable bonds is 1. The molecule has 0 amide bonds. The van der Waals surface area contributed by atoms with Gasteiger partial charge in [0.1, 0.15) is 0 Å². The molecule has 0 radical (unpaired) electrons. The molecule has 1 saturated carbocycles. The molecule has 0 N–H and O–H groups in total. The minimum absolute atomic E-state index is 0.0520. The van der Waals surface area contributed by atoms with Gasteiger partial charge in [-0.2, -0.15) is 0 Å². The zero-order valence-corrected chi connectivity index (χ0v) is 15.7. The van der Waals surface area contributed by atoms with Gasteiger partial charge in [0.25, 0.3) is 0 Å². The highest BCUT2D eigenvalue weighted by Gasteiger charge is 2.50. The number of allylic oxidation sites excluding steroid dienone is 4. The molecule has 1 spiro atoms. The predicted octanol–water partition coefficient (Wildman–Crippen LogP) is 5.10. The molecule has 0 aromatic heterocycles. The van der Waals surface area contributed by atoms with Crippen molar-refractivity contribution in [3.63, 3.8) is 0 Å². The number of likely N-dealkylation sites (N-methyl/N-ethyl adjacent to an activating group) is 1. The number of hydrogen-bond donors (Lipinski definition) is 0. The monoisotopic (exact) mass is 375 g/mol. The van der Waals surface area contributed by atoms with Crippen LogP contribution in [-0.4, -0.2) is 18.6 Å². The van der Waals surface area contributed by atoms with Gasteiger partial charge in [0, 0.05) is 40.0 Å². The van der Waals surface area contributed by atoms with Crippen LogP contribution in [0.1, 0.15) is 45.5 Å². The lowest BCUT2D eigenvalue weighted by atomic mass is 9.63. The summed E-state index contributed by atoms with van der Waals surface area (Å²) >= 11 is 6.26. The summed E-state index contributed by atoms with van der Waals surface area (Å²) in [7, 11) is 2.04. The van der Waals surface area contributed by atoms with Crippen LogP contribution in [-0.2, 0) is 5.41 Å². The highest BCUT2D eigenvalue weighted by atomic mass is 35.5. The van der Waals surface area contributed by atoms with Crippen molar-refractivity contribution in [2.75, 3.05) is 11.9 Å². The lowest BCUT2D eigenvalue weighted by molar-refractivity contribution is 0.0988. The average Bonchev–Trinajstić information content (AvgIpc) is 3.02. The van der Waals surface area contributed by atoms with E-state index in [2.05, 4.69) is 11.0 Å². The van der Waals surface area contributed by atoms with Gasteiger partial charge in [-0.25, -0.2) is 0 Å². The third kappa shape index (κ3) is 2.15. The van der Waals surface area contributed by atoms with Crippen LogP contribution >= 0.6 is 11.6 Å². The summed E-state index contributed by atoms with van der Waals surface area (Å²) in [5, 5.41) is 0.740. The van der Waals surface area contributed by atoms with Gasteiger partial charge in [-0.15, -0.1) is 0 Å². The minimum Gasteiger partial charge on any atom is -0.347 e. The van der Waals surface area contributed by atoms with E-state index >= 15 is 0 Å². The maximum absolute atomic E-state index is 12.7. The van der Waals surface area contributed by atoms with Gasteiger partial charge >= 0.3 is 0 Å². The summed E-state index contributed by atoms with van der Waals surface area (Å²) in [6.45, 7) is 0. The molecule has 0 atom stereocenters. The summed E-state index contributed by atoms with van der Waals surface area (Å²) in [4.78, 5) is 27.5. The Bertz CT molecular complexity index is 1040. The molecule has 5 rings (SSSR count). The molecule has 27 heavy (non-hydrogen) atoms. The summed E-state index contributed by atoms with van der Waals surface area (Å²) < 4.78 is 0. The van der Waals surface area contributed by atoms with E-state index < -0.39 is 0 Å². The first-order valence-corrected chi connectivity index (χ1v) is 9.55. The number of carbonyl (C=O) groups is 2. The molecular weight excluding hydrogens is 358 g/mol. The lowest BCUT2D eigenvalue weighted by Gasteiger charge is -2.40. The Balaban J connectivity index is 1.60. The second-order valence-corrected chi connectivity index (χ2v) is 7.93. The van der Waals surface area contributed by atoms with E-state index in [9.17, 15) is 9.59 Å². The SMILES string of the molecule is CN1/C(=C/C=C2C(=O)c3ccccc3C2=O)C2(CCC2)c2cc(Cl)ccc21. The molecule has 1 fully saturated rings. The molecule has 1 aliphatic heterocycles. The van der Waals surface area contributed by atoms with Gasteiger partial charge in [0.15, 0.2) is 11.6 Å². The topological polar surface area (TPSA) is 37.4 Å². The molecule has 0 bridgehead atoms. The first kappa shape index (κ1) is 16.5. The zero-order chi connectivity index (χ0) is 18.8. The number of halogens is 1. The van der Waals surface area contributed by atoms with Crippen LogP contribution in [0.2, 0.25) is 5.02 Å². The third-order valence-electron chi connectivity index (χ3n) is 6.21. The Kier molecular flexibility index (Phi) is 3.47. The maximum atomic E-state index is 12.7. The fraction of sp³-hybridized carbons (Fsp3) is 0.217. The molecule has 2 aliphatic carbocycles. The average molecular weight is 376 g/mol. The number of benzene rings is 2. The van der Waals surface area contributed by atoms with Crippen LogP contribution in [0, 0.1) is 0 Å². The molecule has 134 valence electrons. The standard InChI is InChI=1S/C23H18ClNO2/c1-25-19-9-7-14(24)13-18(19)23(11-4-12-23)20(25)10-8-17-21(26)15-5-2-3-6-16(15)22(17)27/h2-3,5-10,13H,4,11-12H2,1H3/b20-10+. The molecule has 0 saturated heterocycles. The number of carbonyl (C=O) groups excluding carboxylic acids is 2. The summed E-state index contributed by atoms with van der Waals surface area (Å²) in [6, 6.07) is 13.0. The van der Waals surface area contributed by atoms with Crippen molar-refractivity contribution in [1.82, 2.24) is 0 Å². The molecule has 3 aliphatic rings. The quantitative estimate of drug-likeness (QED) is 0.514. The molecule has 4 heteroatoms. The van der Waals surface area contributed by atoms with Crippen LogP contribution in [0.5, 0.6) is 0 Å². The molecular formula is C23H18ClNO2. The van der Waals surface area contributed by atoms with Crippen LogP contribution in [0.3, 0.4) is 0 Å². The lowest BCUT2D eigenvalue weighted by Crippen LogP contribution is -2.36. The predicted molar refractivity (Wildman–Crippen MR) is 107 cm³/mol. The number of fused-ring (bicyclic) bond motifs is 3. The second-order valence-electron chi connectivity index (χ2n) is 7.49. The van der Waals surface area contributed by atoms with Crippen molar-refractivity contribution in [3.05, 3.63) is 87.6 Å². The first-order chi connectivity index (χ1) is 13.0. The number of Topliss-reactive ketones (excluding diaryl/α,β-unsaturated/α-hetero) is 2. The van der Waals surface area contributed by atoms with Crippen molar-refractivity contribution in [2.24, 2.45) is 0 Å². The molecule has 2 aromatic rings. The van der Waals surface area contributed by atoms with E-state index in [0.717, 1.165) is 35.7 Å². The highest BCUT2D eigenvalue weighted by molar-refractivity contribution is 6.39. The van der Waals surface area contributed by atoms with E-state index in [0.29, 0.717) is 11.1 Å². The van der Waals surface area contributed by atoms with Crippen LogP contribution < -0.4 is 4.90 Å². The van der Waals surface area contributed by atoms with E-state index in [1.165, 1.54) is 5.56 Å². The van der Waals surface area contributed by atoms with Crippen molar-refractivity contribution in [2.45, 2.75) is 24.7 Å². The van der Waals surface area contributed by atoms with E-state index in [1.54, 1.807) is 30.3 Å². The highest BCUT2D eigenvalue weighted by Crippen LogP contribution is 2.58. The van der Waals surface area contributed by atoms with Gasteiger partial charge in [0.05, 0.1) is 5.57 Å². The zero-order valence-electron chi connectivity index (χ0n) is 15.0. The first-order valence-electron chi connectivity index (χ1n) is 9.17. The van der Waals surface area contributed by atoms with E-state index in [-0.39, 0.29) is 22.6 Å². The fourth-order valence-corrected chi connectivity index (χ4v) is 4.86. The van der Waals surface area contributed by atoms with Crippen molar-refractivity contribution in [1.29, 1.82) is 0 Å². The van der Waals surface area contributed by atoms with Crippen molar-refractivity contribution < 1.29 is 9.59 Å². The normalized spacial score (nSPS) is 20.9. The van der Waals surface area contributed by atoms with Gasteiger partial charge in [-0.1, -0.05) is 42.3 Å². The fourth-order valence-electron chi connectivity index (χ4n) is 4.69. The van der Waals surface area contributed by atoms with Crippen LogP contribution in [0.15, 0.2) is 65.9 Å². The Hall–Kier alpha value is -2.65. The third-order valence-corrected chi connectivity index (χ3v) is 6.44. The summed E-state index contributed by atoms with van der Waals surface area (Å²) in [5.41, 5.74) is 4.73. The Morgan fingerprint density at radius 1 is 1.00 bits per heavy atom. The number of ketones is 2. The largest absolute Gasteiger partial charge is 0.347 e. The smallest absolute Gasteiger partial charge is 0.197 e. The molecule has 3 nitrogen and oxygen atoms in total. The minimum atomic E-state index is -0.184. The van der Waals surface area contributed by atoms with Gasteiger partial charge < -0.3 is 4.90 Å². The number of nitrogens with zero attached hydrogens (tertiary/aromatic N) is 1. The van der Waals surface area contributed by atoms with Crippen molar-refractivity contribution in [3.8, 4) is 0 Å². The van der Waals surface area contributed by atoms with E-state index in [4.69, 9.17) is 11.6 Å². The Labute approximate surface area is 162 Å². The summed E-state index contributed by atoms with van der Waals surface area (Å²) in [6.07, 6.45) is 6.95. The molecule has 2 aromatic carbocycles. The second kappa shape index (κ2) is 5.67. The maximum Gasteiger partial charge on any atom is 0.197 e. The van der Waals surface area contributed by atoms with Crippen LogP contribution in [0.4, 0.5) is 5.69 Å². The number of hydrogen-bond acceptors (Lipinski definition) is 3.